The summed E-state index contributed by atoms with van der Waals surface area (Å²) in [5.74, 6) is 1.12. The van der Waals surface area contributed by atoms with E-state index in [-0.39, 0.29) is 11.9 Å². The zero-order valence-electron chi connectivity index (χ0n) is 11.9. The SMILES string of the molecule is CCNC(C)c1cc(F)ccc1OCc1cc(C)on1. The normalized spacial score (nSPS) is 12.4. The molecule has 2 aromatic rings. The third kappa shape index (κ3) is 3.57. The average Bonchev–Trinajstić information content (AvgIpc) is 2.83. The Kier molecular flexibility index (Phi) is 4.74. The maximum Gasteiger partial charge on any atom is 0.134 e. The van der Waals surface area contributed by atoms with Crippen LogP contribution in [0.3, 0.4) is 0 Å². The zero-order chi connectivity index (χ0) is 14.5. The lowest BCUT2D eigenvalue weighted by molar-refractivity contribution is 0.282. The molecule has 0 amide bonds. The Labute approximate surface area is 117 Å². The van der Waals surface area contributed by atoms with Crippen LogP contribution in [0.2, 0.25) is 0 Å². The smallest absolute Gasteiger partial charge is 0.134 e. The van der Waals surface area contributed by atoms with Crippen LogP contribution in [-0.2, 0) is 6.61 Å². The van der Waals surface area contributed by atoms with Gasteiger partial charge in [-0.3, -0.25) is 0 Å². The number of hydrogen-bond donors (Lipinski definition) is 1. The molecule has 20 heavy (non-hydrogen) atoms. The predicted octanol–water partition coefficient (Wildman–Crippen LogP) is 3.37. The molecule has 1 N–H and O–H groups in total. The van der Waals surface area contributed by atoms with E-state index in [4.69, 9.17) is 9.26 Å². The highest BCUT2D eigenvalue weighted by molar-refractivity contribution is 5.36. The Morgan fingerprint density at radius 1 is 1.40 bits per heavy atom. The van der Waals surface area contributed by atoms with Gasteiger partial charge in [0.25, 0.3) is 0 Å². The van der Waals surface area contributed by atoms with E-state index in [1.54, 1.807) is 6.07 Å². The van der Waals surface area contributed by atoms with E-state index in [1.165, 1.54) is 12.1 Å². The number of aryl methyl sites for hydroxylation is 1. The van der Waals surface area contributed by atoms with Crippen molar-refractivity contribution in [1.29, 1.82) is 0 Å². The maximum absolute atomic E-state index is 13.4. The number of aromatic nitrogens is 1. The van der Waals surface area contributed by atoms with Crippen LogP contribution in [-0.4, -0.2) is 11.7 Å². The minimum atomic E-state index is -0.269. The highest BCUT2D eigenvalue weighted by Gasteiger charge is 2.13. The van der Waals surface area contributed by atoms with Crippen molar-refractivity contribution in [1.82, 2.24) is 10.5 Å². The number of benzene rings is 1. The van der Waals surface area contributed by atoms with Crippen LogP contribution in [0.25, 0.3) is 0 Å². The summed E-state index contributed by atoms with van der Waals surface area (Å²) in [5, 5.41) is 7.12. The van der Waals surface area contributed by atoms with Gasteiger partial charge >= 0.3 is 0 Å². The Hall–Kier alpha value is -1.88. The Bertz CT molecular complexity index is 569. The topological polar surface area (TPSA) is 47.3 Å². The monoisotopic (exact) mass is 278 g/mol. The standard InChI is InChI=1S/C15H19FN2O2/c1-4-17-11(3)14-8-12(16)5-6-15(14)19-9-13-7-10(2)20-18-13/h5-8,11,17H,4,9H2,1-3H3. The van der Waals surface area contributed by atoms with Crippen molar-refractivity contribution in [2.45, 2.75) is 33.4 Å². The van der Waals surface area contributed by atoms with Gasteiger partial charge in [-0.15, -0.1) is 0 Å². The fourth-order valence-corrected chi connectivity index (χ4v) is 2.04. The predicted molar refractivity (Wildman–Crippen MR) is 74.1 cm³/mol. The van der Waals surface area contributed by atoms with Crippen LogP contribution in [0.4, 0.5) is 4.39 Å². The molecule has 1 heterocycles. The first-order valence-electron chi connectivity index (χ1n) is 6.68. The summed E-state index contributed by atoms with van der Waals surface area (Å²) < 4.78 is 24.1. The van der Waals surface area contributed by atoms with E-state index in [9.17, 15) is 4.39 Å². The summed E-state index contributed by atoms with van der Waals surface area (Å²) in [6.07, 6.45) is 0. The summed E-state index contributed by atoms with van der Waals surface area (Å²) in [7, 11) is 0. The summed E-state index contributed by atoms with van der Waals surface area (Å²) in [4.78, 5) is 0. The molecule has 0 bridgehead atoms. The maximum atomic E-state index is 13.4. The number of nitrogens with zero attached hydrogens (tertiary/aromatic N) is 1. The largest absolute Gasteiger partial charge is 0.487 e. The summed E-state index contributed by atoms with van der Waals surface area (Å²) in [6, 6.07) is 6.37. The molecule has 2 rings (SSSR count). The molecule has 0 aliphatic heterocycles. The molecule has 0 radical (unpaired) electrons. The molecular formula is C15H19FN2O2. The van der Waals surface area contributed by atoms with E-state index < -0.39 is 0 Å². The molecule has 0 spiro atoms. The molecule has 0 aliphatic rings. The number of ether oxygens (including phenoxy) is 1. The van der Waals surface area contributed by atoms with Gasteiger partial charge in [-0.1, -0.05) is 12.1 Å². The summed E-state index contributed by atoms with van der Waals surface area (Å²) in [5.41, 5.74) is 1.51. The van der Waals surface area contributed by atoms with Crippen molar-refractivity contribution in [3.8, 4) is 5.75 Å². The Morgan fingerprint density at radius 3 is 2.85 bits per heavy atom. The first kappa shape index (κ1) is 14.5. The fraction of sp³-hybridized carbons (Fsp3) is 0.400. The van der Waals surface area contributed by atoms with Gasteiger partial charge in [0.05, 0.1) is 0 Å². The van der Waals surface area contributed by atoms with Crippen LogP contribution in [0.5, 0.6) is 5.75 Å². The number of hydrogen-bond acceptors (Lipinski definition) is 4. The van der Waals surface area contributed by atoms with E-state index in [0.717, 1.165) is 17.9 Å². The lowest BCUT2D eigenvalue weighted by Crippen LogP contribution is -2.18. The zero-order valence-corrected chi connectivity index (χ0v) is 11.9. The molecule has 0 aliphatic carbocycles. The third-order valence-electron chi connectivity index (χ3n) is 3.00. The lowest BCUT2D eigenvalue weighted by atomic mass is 10.1. The minimum absolute atomic E-state index is 0.0183. The van der Waals surface area contributed by atoms with Gasteiger partial charge in [0.15, 0.2) is 0 Å². The molecule has 1 unspecified atom stereocenters. The third-order valence-corrected chi connectivity index (χ3v) is 3.00. The fourth-order valence-electron chi connectivity index (χ4n) is 2.04. The quantitative estimate of drug-likeness (QED) is 0.880. The second-order valence-corrected chi connectivity index (χ2v) is 4.68. The summed E-state index contributed by atoms with van der Waals surface area (Å²) >= 11 is 0. The summed E-state index contributed by atoms with van der Waals surface area (Å²) in [6.45, 7) is 6.92. The average molecular weight is 278 g/mol. The van der Waals surface area contributed by atoms with Gasteiger partial charge in [0.1, 0.15) is 29.6 Å². The first-order valence-corrected chi connectivity index (χ1v) is 6.68. The van der Waals surface area contributed by atoms with E-state index in [2.05, 4.69) is 10.5 Å². The van der Waals surface area contributed by atoms with Gasteiger partial charge < -0.3 is 14.6 Å². The van der Waals surface area contributed by atoms with Crippen molar-refractivity contribution in [3.05, 3.63) is 47.1 Å². The van der Waals surface area contributed by atoms with Gasteiger partial charge in [0, 0.05) is 17.7 Å². The lowest BCUT2D eigenvalue weighted by Gasteiger charge is -2.17. The van der Waals surface area contributed by atoms with Gasteiger partial charge in [-0.2, -0.15) is 0 Å². The van der Waals surface area contributed by atoms with Crippen LogP contribution >= 0.6 is 0 Å². The second-order valence-electron chi connectivity index (χ2n) is 4.68. The van der Waals surface area contributed by atoms with E-state index in [1.807, 2.05) is 26.8 Å². The molecule has 0 saturated carbocycles. The molecule has 5 heteroatoms. The van der Waals surface area contributed by atoms with Crippen LogP contribution in [0.1, 0.15) is 36.9 Å². The van der Waals surface area contributed by atoms with Gasteiger partial charge in [-0.05, 0) is 38.6 Å². The highest BCUT2D eigenvalue weighted by Crippen LogP contribution is 2.26. The van der Waals surface area contributed by atoms with Crippen molar-refractivity contribution < 1.29 is 13.7 Å². The van der Waals surface area contributed by atoms with Crippen LogP contribution < -0.4 is 10.1 Å². The number of rotatable bonds is 6. The highest BCUT2D eigenvalue weighted by atomic mass is 19.1. The van der Waals surface area contributed by atoms with Crippen molar-refractivity contribution >= 4 is 0 Å². The molecule has 1 atom stereocenters. The molecule has 1 aromatic carbocycles. The van der Waals surface area contributed by atoms with Crippen LogP contribution in [0.15, 0.2) is 28.8 Å². The van der Waals surface area contributed by atoms with Crippen molar-refractivity contribution in [3.63, 3.8) is 0 Å². The molecular weight excluding hydrogens is 259 g/mol. The second kappa shape index (κ2) is 6.52. The van der Waals surface area contributed by atoms with Crippen molar-refractivity contribution in [2.24, 2.45) is 0 Å². The van der Waals surface area contributed by atoms with E-state index >= 15 is 0 Å². The minimum Gasteiger partial charge on any atom is -0.487 e. The first-order chi connectivity index (χ1) is 9.60. The number of nitrogens with one attached hydrogen (secondary N) is 1. The Balaban J connectivity index is 2.13. The molecule has 108 valence electrons. The molecule has 4 nitrogen and oxygen atoms in total. The van der Waals surface area contributed by atoms with Gasteiger partial charge in [0.2, 0.25) is 0 Å². The van der Waals surface area contributed by atoms with Crippen molar-refractivity contribution in [2.75, 3.05) is 6.54 Å². The Morgan fingerprint density at radius 2 is 2.20 bits per heavy atom. The number of halogens is 1. The molecule has 0 saturated heterocycles. The molecule has 1 aromatic heterocycles. The van der Waals surface area contributed by atoms with Gasteiger partial charge in [-0.25, -0.2) is 4.39 Å². The molecule has 0 fully saturated rings. The van der Waals surface area contributed by atoms with E-state index in [0.29, 0.717) is 18.1 Å². The van der Waals surface area contributed by atoms with Crippen LogP contribution in [0, 0.1) is 12.7 Å².